The molecule has 120 valence electrons. The topological polar surface area (TPSA) is 72.8 Å². The van der Waals surface area contributed by atoms with Crippen LogP contribution in [0.2, 0.25) is 0 Å². The zero-order valence-electron chi connectivity index (χ0n) is 12.9. The van der Waals surface area contributed by atoms with E-state index in [4.69, 9.17) is 9.47 Å². The van der Waals surface area contributed by atoms with Gasteiger partial charge in [0.25, 0.3) is 0 Å². The fourth-order valence-corrected chi connectivity index (χ4v) is 2.48. The molecule has 2 aromatic carbocycles. The molecule has 0 amide bonds. The van der Waals surface area contributed by atoms with Crippen LogP contribution in [0.1, 0.15) is 11.1 Å². The molecule has 2 aromatic rings. The van der Waals surface area contributed by atoms with Crippen molar-refractivity contribution in [2.75, 3.05) is 7.11 Å². The van der Waals surface area contributed by atoms with Crippen molar-refractivity contribution in [1.29, 1.82) is 0 Å². The van der Waals surface area contributed by atoms with E-state index in [1.165, 1.54) is 7.11 Å². The van der Waals surface area contributed by atoms with Crippen LogP contribution < -0.4 is 0 Å². The molecule has 0 bridgehead atoms. The van der Waals surface area contributed by atoms with Crippen LogP contribution in [0.4, 0.5) is 0 Å². The monoisotopic (exact) mass is 322 g/mol. The smallest absolute Gasteiger partial charge is 0.348 e. The van der Waals surface area contributed by atoms with E-state index in [0.717, 1.165) is 0 Å². The summed E-state index contributed by atoms with van der Waals surface area (Å²) in [5.74, 6) is -2.00. The van der Waals surface area contributed by atoms with Crippen LogP contribution >= 0.6 is 0 Å². The van der Waals surface area contributed by atoms with Crippen LogP contribution in [0, 0.1) is 0 Å². The molecule has 0 spiro atoms. The molecule has 0 atom stereocenters. The molecule has 1 N–H and O–H groups in total. The number of ether oxygens (including phenoxy) is 2. The fourth-order valence-electron chi connectivity index (χ4n) is 2.48. The molecule has 5 nitrogen and oxygen atoms in total. The standard InChI is InChI=1S/C19H14O5/c1-23-18(21)15(13-10-6-3-7-11-13)17-16(20)14(19(22)24-17)12-8-4-2-5-9-12/h2-11,20H,1H3/b17-15+. The molecule has 1 heterocycles. The Labute approximate surface area is 138 Å². The van der Waals surface area contributed by atoms with Gasteiger partial charge in [0.1, 0.15) is 11.1 Å². The number of carbonyl (C=O) groups excluding carboxylic acids is 2. The average molecular weight is 322 g/mol. The summed E-state index contributed by atoms with van der Waals surface area (Å²) in [6.45, 7) is 0. The Hall–Kier alpha value is -3.34. The van der Waals surface area contributed by atoms with Gasteiger partial charge in [0.05, 0.1) is 7.11 Å². The Morgan fingerprint density at radius 3 is 2.17 bits per heavy atom. The summed E-state index contributed by atoms with van der Waals surface area (Å²) in [7, 11) is 1.22. The zero-order valence-corrected chi connectivity index (χ0v) is 12.9. The summed E-state index contributed by atoms with van der Waals surface area (Å²) < 4.78 is 9.98. The summed E-state index contributed by atoms with van der Waals surface area (Å²) >= 11 is 0. The van der Waals surface area contributed by atoms with Crippen molar-refractivity contribution >= 4 is 23.1 Å². The van der Waals surface area contributed by atoms with Crippen LogP contribution in [0.25, 0.3) is 11.1 Å². The van der Waals surface area contributed by atoms with Crippen molar-refractivity contribution < 1.29 is 24.2 Å². The summed E-state index contributed by atoms with van der Waals surface area (Å²) in [4.78, 5) is 24.4. The number of cyclic esters (lactones) is 1. The Balaban J connectivity index is 2.22. The minimum absolute atomic E-state index is 0.00474. The number of methoxy groups -OCH3 is 1. The average Bonchev–Trinajstić information content (AvgIpc) is 2.91. The van der Waals surface area contributed by atoms with E-state index in [1.807, 2.05) is 0 Å². The van der Waals surface area contributed by atoms with Crippen molar-refractivity contribution in [1.82, 2.24) is 0 Å². The number of hydrogen-bond acceptors (Lipinski definition) is 5. The Morgan fingerprint density at radius 1 is 1.00 bits per heavy atom. The lowest BCUT2D eigenvalue weighted by atomic mass is 10.0. The molecule has 0 aliphatic carbocycles. The Kier molecular flexibility index (Phi) is 4.16. The fraction of sp³-hybridized carbons (Fsp3) is 0.0526. The van der Waals surface area contributed by atoms with Crippen LogP contribution in [-0.2, 0) is 19.1 Å². The molecule has 0 fully saturated rings. The van der Waals surface area contributed by atoms with Gasteiger partial charge in [-0.1, -0.05) is 60.7 Å². The molecular weight excluding hydrogens is 308 g/mol. The number of aliphatic hydroxyl groups is 1. The predicted octanol–water partition coefficient (Wildman–Crippen LogP) is 3.10. The van der Waals surface area contributed by atoms with Gasteiger partial charge in [-0.3, -0.25) is 0 Å². The molecule has 1 aliphatic rings. The van der Waals surface area contributed by atoms with E-state index in [0.29, 0.717) is 11.1 Å². The second-order valence-electron chi connectivity index (χ2n) is 5.04. The van der Waals surface area contributed by atoms with Crippen molar-refractivity contribution in [3.63, 3.8) is 0 Å². The SMILES string of the molecule is COC(=O)/C(=C1/OC(=O)C(c2ccccc2)=C1O)c1ccccc1. The Bertz CT molecular complexity index is 848. The van der Waals surface area contributed by atoms with Gasteiger partial charge < -0.3 is 14.6 Å². The summed E-state index contributed by atoms with van der Waals surface area (Å²) in [5.41, 5.74) is 0.998. The van der Waals surface area contributed by atoms with E-state index >= 15 is 0 Å². The molecule has 1 aliphatic heterocycles. The Morgan fingerprint density at radius 2 is 1.58 bits per heavy atom. The molecule has 0 saturated heterocycles. The van der Waals surface area contributed by atoms with Crippen LogP contribution in [0.5, 0.6) is 0 Å². The first-order chi connectivity index (χ1) is 11.6. The van der Waals surface area contributed by atoms with Gasteiger partial charge in [0.2, 0.25) is 0 Å². The molecule has 5 heteroatoms. The molecule has 0 aromatic heterocycles. The third-order valence-electron chi connectivity index (χ3n) is 3.59. The largest absolute Gasteiger partial charge is 0.504 e. The van der Waals surface area contributed by atoms with Crippen LogP contribution in [0.15, 0.2) is 72.2 Å². The van der Waals surface area contributed by atoms with Crippen molar-refractivity contribution in [2.45, 2.75) is 0 Å². The van der Waals surface area contributed by atoms with E-state index < -0.39 is 11.9 Å². The lowest BCUT2D eigenvalue weighted by Crippen LogP contribution is -2.09. The lowest BCUT2D eigenvalue weighted by molar-refractivity contribution is -0.134. The minimum Gasteiger partial charge on any atom is -0.504 e. The number of carbonyl (C=O) groups is 2. The minimum atomic E-state index is -0.717. The number of rotatable bonds is 3. The third kappa shape index (κ3) is 2.67. The third-order valence-corrected chi connectivity index (χ3v) is 3.59. The second kappa shape index (κ2) is 6.42. The van der Waals surface area contributed by atoms with Crippen LogP contribution in [-0.4, -0.2) is 24.2 Å². The number of benzene rings is 2. The quantitative estimate of drug-likeness (QED) is 0.694. The number of esters is 2. The highest BCUT2D eigenvalue weighted by atomic mass is 16.6. The van der Waals surface area contributed by atoms with Crippen molar-refractivity contribution in [3.8, 4) is 0 Å². The number of hydrogen-bond donors (Lipinski definition) is 1. The van der Waals surface area contributed by atoms with Gasteiger partial charge in [-0.15, -0.1) is 0 Å². The van der Waals surface area contributed by atoms with E-state index in [-0.39, 0.29) is 22.7 Å². The molecule has 0 unspecified atom stereocenters. The maximum Gasteiger partial charge on any atom is 0.348 e. The highest BCUT2D eigenvalue weighted by Crippen LogP contribution is 2.36. The highest BCUT2D eigenvalue weighted by Gasteiger charge is 2.35. The first-order valence-corrected chi connectivity index (χ1v) is 7.22. The summed E-state index contributed by atoms with van der Waals surface area (Å²) in [6, 6.07) is 17.2. The van der Waals surface area contributed by atoms with Gasteiger partial charge in [0.15, 0.2) is 11.5 Å². The molecule has 0 saturated carbocycles. The summed E-state index contributed by atoms with van der Waals surface area (Å²) in [6.07, 6.45) is 0. The molecular formula is C19H14O5. The van der Waals surface area contributed by atoms with Gasteiger partial charge in [-0.25, -0.2) is 9.59 Å². The molecule has 0 radical (unpaired) electrons. The normalized spacial score (nSPS) is 16.0. The van der Waals surface area contributed by atoms with Gasteiger partial charge in [-0.2, -0.15) is 0 Å². The van der Waals surface area contributed by atoms with E-state index in [2.05, 4.69) is 0 Å². The second-order valence-corrected chi connectivity index (χ2v) is 5.04. The van der Waals surface area contributed by atoms with Crippen molar-refractivity contribution in [3.05, 3.63) is 83.3 Å². The van der Waals surface area contributed by atoms with E-state index in [1.54, 1.807) is 60.7 Å². The summed E-state index contributed by atoms with van der Waals surface area (Å²) in [5, 5.41) is 10.5. The van der Waals surface area contributed by atoms with Gasteiger partial charge >= 0.3 is 11.9 Å². The highest BCUT2D eigenvalue weighted by molar-refractivity contribution is 6.25. The molecule has 3 rings (SSSR count). The maximum atomic E-state index is 12.2. The van der Waals surface area contributed by atoms with Crippen LogP contribution in [0.3, 0.4) is 0 Å². The maximum absolute atomic E-state index is 12.2. The first kappa shape index (κ1) is 15.6. The first-order valence-electron chi connectivity index (χ1n) is 7.22. The zero-order chi connectivity index (χ0) is 17.1. The van der Waals surface area contributed by atoms with E-state index in [9.17, 15) is 14.7 Å². The number of aliphatic hydroxyl groups excluding tert-OH is 1. The van der Waals surface area contributed by atoms with Gasteiger partial charge in [0, 0.05) is 0 Å². The lowest BCUT2D eigenvalue weighted by Gasteiger charge is -2.09. The molecule has 24 heavy (non-hydrogen) atoms. The van der Waals surface area contributed by atoms with Gasteiger partial charge in [-0.05, 0) is 11.1 Å². The van der Waals surface area contributed by atoms with Crippen molar-refractivity contribution in [2.24, 2.45) is 0 Å². The predicted molar refractivity (Wildman–Crippen MR) is 87.5 cm³/mol.